The summed E-state index contributed by atoms with van der Waals surface area (Å²) in [5.41, 5.74) is -1.32. The summed E-state index contributed by atoms with van der Waals surface area (Å²) in [6.45, 7) is 5.88. The number of thioether (sulfide) groups is 1. The van der Waals surface area contributed by atoms with Gasteiger partial charge in [0.15, 0.2) is 0 Å². The maximum atomic E-state index is 13.0. The molecule has 0 aromatic heterocycles. The number of carbonyl (C=O) groups excluding carboxylic acids is 3. The number of rotatable bonds is 4. The van der Waals surface area contributed by atoms with Crippen molar-refractivity contribution in [1.82, 2.24) is 15.1 Å². The molecule has 0 saturated carbocycles. The summed E-state index contributed by atoms with van der Waals surface area (Å²) in [5, 5.41) is 2.74. The van der Waals surface area contributed by atoms with Gasteiger partial charge in [-0.05, 0) is 51.0 Å². The minimum atomic E-state index is -4.48. The van der Waals surface area contributed by atoms with Crippen molar-refractivity contribution in [3.05, 3.63) is 41.5 Å². The molecular formula is C23H28F3N3O4S. The molecule has 2 saturated heterocycles. The maximum Gasteiger partial charge on any atom is 0.416 e. The Morgan fingerprint density at radius 3 is 2.56 bits per heavy atom. The summed E-state index contributed by atoms with van der Waals surface area (Å²) < 4.78 is 44.1. The summed E-state index contributed by atoms with van der Waals surface area (Å²) in [7, 11) is 0. The van der Waals surface area contributed by atoms with Crippen LogP contribution in [0.25, 0.3) is 6.08 Å². The van der Waals surface area contributed by atoms with E-state index < -0.39 is 41.4 Å². The number of hydrogen-bond acceptors (Lipinski definition) is 5. The predicted octanol–water partition coefficient (Wildman–Crippen LogP) is 3.75. The van der Waals surface area contributed by atoms with E-state index in [-0.39, 0.29) is 24.4 Å². The molecule has 2 aliphatic rings. The average molecular weight is 500 g/mol. The molecule has 3 rings (SSSR count). The Labute approximate surface area is 200 Å². The molecule has 1 aromatic carbocycles. The third-order valence-electron chi connectivity index (χ3n) is 5.27. The van der Waals surface area contributed by atoms with Crippen LogP contribution >= 0.6 is 11.8 Å². The van der Waals surface area contributed by atoms with Crippen LogP contribution in [0.5, 0.6) is 0 Å². The van der Waals surface area contributed by atoms with E-state index in [0.717, 1.165) is 24.0 Å². The summed E-state index contributed by atoms with van der Waals surface area (Å²) in [5.74, 6) is 0.656. The van der Waals surface area contributed by atoms with Crippen LogP contribution in [0.1, 0.15) is 38.3 Å². The maximum absolute atomic E-state index is 13.0. The summed E-state index contributed by atoms with van der Waals surface area (Å²) >= 11 is 1.63. The van der Waals surface area contributed by atoms with E-state index >= 15 is 0 Å². The molecule has 2 fully saturated rings. The largest absolute Gasteiger partial charge is 0.444 e. The number of likely N-dealkylation sites (tertiary alicyclic amines) is 1. The van der Waals surface area contributed by atoms with E-state index in [1.165, 1.54) is 23.1 Å². The fourth-order valence-electron chi connectivity index (χ4n) is 3.74. The fourth-order valence-corrected chi connectivity index (χ4v) is 4.69. The van der Waals surface area contributed by atoms with Gasteiger partial charge in [0.1, 0.15) is 11.6 Å². The van der Waals surface area contributed by atoms with E-state index in [0.29, 0.717) is 12.4 Å². The zero-order chi connectivity index (χ0) is 25.1. The molecule has 0 spiro atoms. The minimum Gasteiger partial charge on any atom is -0.444 e. The fraction of sp³-hybridized carbons (Fsp3) is 0.522. The third-order valence-corrected chi connectivity index (χ3v) is 6.23. The number of hydrogen-bond donors (Lipinski definition) is 1. The van der Waals surface area contributed by atoms with E-state index in [1.54, 1.807) is 37.4 Å². The lowest BCUT2D eigenvalue weighted by molar-refractivity contribution is -0.137. The predicted molar refractivity (Wildman–Crippen MR) is 123 cm³/mol. The molecule has 2 atom stereocenters. The molecule has 1 N–H and O–H groups in total. The van der Waals surface area contributed by atoms with E-state index in [4.69, 9.17) is 4.74 Å². The second kappa shape index (κ2) is 10.3. The highest BCUT2D eigenvalue weighted by Crippen LogP contribution is 2.30. The molecule has 0 bridgehead atoms. The highest BCUT2D eigenvalue weighted by molar-refractivity contribution is 7.99. The summed E-state index contributed by atoms with van der Waals surface area (Å²) in [6, 6.07) is 3.37. The Morgan fingerprint density at radius 2 is 1.94 bits per heavy atom. The Bertz CT molecular complexity index is 956. The SMILES string of the molecule is CC(C)(C)OC(=O)N1C[C@@H](NC(=O)C=Cc2cccc(C(F)(F)F)c2)C[C@H]1C(=O)N1CCSC1. The van der Waals surface area contributed by atoms with Crippen LogP contribution in [-0.2, 0) is 20.5 Å². The molecule has 34 heavy (non-hydrogen) atoms. The number of alkyl halides is 3. The van der Waals surface area contributed by atoms with Gasteiger partial charge in [-0.1, -0.05) is 12.1 Å². The van der Waals surface area contributed by atoms with Gasteiger partial charge in [0.25, 0.3) is 0 Å². The molecule has 0 aliphatic carbocycles. The van der Waals surface area contributed by atoms with Crippen molar-refractivity contribution < 1.29 is 32.3 Å². The van der Waals surface area contributed by atoms with Crippen LogP contribution in [0.2, 0.25) is 0 Å². The van der Waals surface area contributed by atoms with Gasteiger partial charge in [0.05, 0.1) is 11.4 Å². The molecule has 186 valence electrons. The van der Waals surface area contributed by atoms with Gasteiger partial charge in [-0.15, -0.1) is 11.8 Å². The Kier molecular flexibility index (Phi) is 7.84. The number of amides is 3. The smallest absolute Gasteiger partial charge is 0.416 e. The monoisotopic (exact) mass is 499 g/mol. The molecular weight excluding hydrogens is 471 g/mol. The topological polar surface area (TPSA) is 79.0 Å². The number of nitrogens with zero attached hydrogens (tertiary/aromatic N) is 2. The van der Waals surface area contributed by atoms with Crippen LogP contribution in [0.15, 0.2) is 30.3 Å². The highest BCUT2D eigenvalue weighted by Gasteiger charge is 2.43. The van der Waals surface area contributed by atoms with Crippen LogP contribution in [0, 0.1) is 0 Å². The average Bonchev–Trinajstić information content (AvgIpc) is 3.40. The van der Waals surface area contributed by atoms with Gasteiger partial charge in [0.2, 0.25) is 11.8 Å². The minimum absolute atomic E-state index is 0.0927. The molecule has 0 radical (unpaired) electrons. The number of nitrogens with one attached hydrogen (secondary N) is 1. The van der Waals surface area contributed by atoms with Crippen molar-refractivity contribution in [2.24, 2.45) is 0 Å². The molecule has 3 amide bonds. The van der Waals surface area contributed by atoms with Crippen molar-refractivity contribution in [3.8, 4) is 0 Å². The molecule has 1 aromatic rings. The third kappa shape index (κ3) is 6.91. The van der Waals surface area contributed by atoms with Crippen LogP contribution in [0.4, 0.5) is 18.0 Å². The van der Waals surface area contributed by atoms with Gasteiger partial charge >= 0.3 is 12.3 Å². The number of carbonyl (C=O) groups is 3. The zero-order valence-electron chi connectivity index (χ0n) is 19.2. The van der Waals surface area contributed by atoms with Gasteiger partial charge in [-0.25, -0.2) is 4.79 Å². The number of ether oxygens (including phenoxy) is 1. The van der Waals surface area contributed by atoms with Crippen molar-refractivity contribution in [3.63, 3.8) is 0 Å². The van der Waals surface area contributed by atoms with E-state index in [2.05, 4.69) is 5.32 Å². The lowest BCUT2D eigenvalue weighted by Gasteiger charge is -2.29. The normalized spacial score (nSPS) is 21.2. The van der Waals surface area contributed by atoms with Gasteiger partial charge in [-0.2, -0.15) is 13.2 Å². The Hall–Kier alpha value is -2.69. The van der Waals surface area contributed by atoms with E-state index in [1.807, 2.05) is 0 Å². The second-order valence-corrected chi connectivity index (χ2v) is 10.3. The first-order valence-corrected chi connectivity index (χ1v) is 12.0. The highest BCUT2D eigenvalue weighted by atomic mass is 32.2. The van der Waals surface area contributed by atoms with Crippen molar-refractivity contribution in [2.45, 2.75) is 51.1 Å². The lowest BCUT2D eigenvalue weighted by Crippen LogP contribution is -2.48. The Balaban J connectivity index is 1.68. The number of benzene rings is 1. The van der Waals surface area contributed by atoms with Crippen molar-refractivity contribution in [1.29, 1.82) is 0 Å². The lowest BCUT2D eigenvalue weighted by atomic mass is 10.1. The first kappa shape index (κ1) is 25.9. The van der Waals surface area contributed by atoms with Crippen molar-refractivity contribution >= 4 is 35.7 Å². The summed E-state index contributed by atoms with van der Waals surface area (Å²) in [6.07, 6.45) is -2.46. The molecule has 2 aliphatic heterocycles. The Morgan fingerprint density at radius 1 is 1.21 bits per heavy atom. The van der Waals surface area contributed by atoms with Gasteiger partial charge in [0, 0.05) is 31.0 Å². The first-order valence-electron chi connectivity index (χ1n) is 10.9. The van der Waals surface area contributed by atoms with Gasteiger partial charge < -0.3 is 15.0 Å². The molecule has 2 heterocycles. The molecule has 7 nitrogen and oxygen atoms in total. The second-order valence-electron chi connectivity index (χ2n) is 9.19. The van der Waals surface area contributed by atoms with Crippen LogP contribution in [-0.4, -0.2) is 70.1 Å². The van der Waals surface area contributed by atoms with Crippen molar-refractivity contribution in [2.75, 3.05) is 24.7 Å². The van der Waals surface area contributed by atoms with E-state index in [9.17, 15) is 27.6 Å². The molecule has 11 heteroatoms. The zero-order valence-corrected chi connectivity index (χ0v) is 20.0. The first-order chi connectivity index (χ1) is 15.8. The number of halogens is 3. The quantitative estimate of drug-likeness (QED) is 0.639. The van der Waals surface area contributed by atoms with Crippen LogP contribution in [0.3, 0.4) is 0 Å². The van der Waals surface area contributed by atoms with Crippen LogP contribution < -0.4 is 5.32 Å². The molecule has 0 unspecified atom stereocenters. The standard InChI is InChI=1S/C23H28F3N3O4S/c1-22(2,3)33-21(32)29-13-17(12-18(29)20(31)28-9-10-34-14-28)27-19(30)8-7-15-5-4-6-16(11-15)23(24,25)26/h4-8,11,17-18H,9-10,12-14H2,1-3H3,(H,27,30)/t17-,18-/m0/s1. The summed E-state index contributed by atoms with van der Waals surface area (Å²) in [4.78, 5) is 41.3. The van der Waals surface area contributed by atoms with Gasteiger partial charge in [-0.3, -0.25) is 14.5 Å².